The predicted molar refractivity (Wildman–Crippen MR) is 78.2 cm³/mol. The lowest BCUT2D eigenvalue weighted by Gasteiger charge is -2.25. The first-order valence-electron chi connectivity index (χ1n) is 6.07. The smallest absolute Gasteiger partial charge is 0.242 e. The van der Waals surface area contributed by atoms with E-state index in [0.29, 0.717) is 5.69 Å². The van der Waals surface area contributed by atoms with Crippen molar-refractivity contribution >= 4 is 32.6 Å². The third-order valence-electron chi connectivity index (χ3n) is 2.80. The molecule has 0 saturated heterocycles. The van der Waals surface area contributed by atoms with E-state index in [-0.39, 0.29) is 18.2 Å². The van der Waals surface area contributed by atoms with Crippen LogP contribution in [0, 0.1) is 0 Å². The molecule has 0 bridgehead atoms. The molecule has 1 rings (SSSR count). The number of benzene rings is 1. The van der Waals surface area contributed by atoms with Crippen LogP contribution in [0.1, 0.15) is 32.3 Å². The Morgan fingerprint density at radius 3 is 2.37 bits per heavy atom. The van der Waals surface area contributed by atoms with Gasteiger partial charge in [-0.1, -0.05) is 32.0 Å². The molecule has 0 aliphatic rings. The largest absolute Gasteiger partial charge is 0.279 e. The van der Waals surface area contributed by atoms with Crippen molar-refractivity contribution in [2.75, 3.05) is 16.6 Å². The number of anilines is 1. The molecule has 0 amide bonds. The van der Waals surface area contributed by atoms with E-state index in [0.717, 1.165) is 9.87 Å². The number of carbonyl (C=O) groups excluding carboxylic acids is 1. The van der Waals surface area contributed by atoms with Crippen molar-refractivity contribution in [1.82, 2.24) is 0 Å². The van der Waals surface area contributed by atoms with Crippen LogP contribution in [0.4, 0.5) is 5.69 Å². The monoisotopic (exact) mass is 303 g/mol. The molecule has 0 fully saturated rings. The number of carbonyl (C=O) groups is 1. The Bertz CT molecular complexity index is 555. The number of rotatable bonds is 6. The summed E-state index contributed by atoms with van der Waals surface area (Å²) in [5.41, 5.74) is 1.39. The van der Waals surface area contributed by atoms with Crippen molar-refractivity contribution in [3.8, 4) is 0 Å². The fraction of sp³-hybridized carbons (Fsp3) is 0.462. The minimum absolute atomic E-state index is 0.0798. The SMILES string of the molecule is CCS(=O)(=O)N(CC(=O)Cl)c1ccccc1C(C)C. The van der Waals surface area contributed by atoms with Crippen molar-refractivity contribution in [2.45, 2.75) is 26.7 Å². The van der Waals surface area contributed by atoms with Gasteiger partial charge in [-0.05, 0) is 36.1 Å². The zero-order valence-electron chi connectivity index (χ0n) is 11.3. The van der Waals surface area contributed by atoms with Gasteiger partial charge in [0.05, 0.1) is 11.4 Å². The highest BCUT2D eigenvalue weighted by molar-refractivity contribution is 7.92. The molecule has 0 aliphatic heterocycles. The molecule has 1 aromatic carbocycles. The van der Waals surface area contributed by atoms with E-state index in [2.05, 4.69) is 0 Å². The molecule has 19 heavy (non-hydrogen) atoms. The van der Waals surface area contributed by atoms with E-state index in [4.69, 9.17) is 11.6 Å². The molecule has 1 aromatic rings. The third kappa shape index (κ3) is 3.94. The second-order valence-corrected chi connectivity index (χ2v) is 7.08. The maximum absolute atomic E-state index is 12.1. The van der Waals surface area contributed by atoms with E-state index in [9.17, 15) is 13.2 Å². The topological polar surface area (TPSA) is 54.5 Å². The first kappa shape index (κ1) is 16.0. The lowest BCUT2D eigenvalue weighted by atomic mass is 10.0. The maximum atomic E-state index is 12.1. The summed E-state index contributed by atoms with van der Waals surface area (Å²) in [5, 5.41) is -0.699. The van der Waals surface area contributed by atoms with Gasteiger partial charge in [-0.2, -0.15) is 0 Å². The molecule has 106 valence electrons. The molecule has 6 heteroatoms. The minimum atomic E-state index is -3.54. The third-order valence-corrected chi connectivity index (χ3v) is 4.64. The van der Waals surface area contributed by atoms with Crippen LogP contribution in [0.15, 0.2) is 24.3 Å². The molecule has 0 saturated carbocycles. The van der Waals surface area contributed by atoms with Crippen LogP contribution in [-0.2, 0) is 14.8 Å². The Kier molecular flexibility index (Phi) is 5.38. The summed E-state index contributed by atoms with van der Waals surface area (Å²) in [7, 11) is -3.54. The van der Waals surface area contributed by atoms with Gasteiger partial charge in [0, 0.05) is 0 Å². The molecular formula is C13H18ClNO3S. The van der Waals surface area contributed by atoms with Crippen molar-refractivity contribution in [3.05, 3.63) is 29.8 Å². The second-order valence-electron chi connectivity index (χ2n) is 4.48. The van der Waals surface area contributed by atoms with Gasteiger partial charge >= 0.3 is 0 Å². The highest BCUT2D eigenvalue weighted by atomic mass is 35.5. The number of nitrogens with zero attached hydrogens (tertiary/aromatic N) is 1. The summed E-state index contributed by atoms with van der Waals surface area (Å²) in [5.74, 6) is 0.0695. The highest BCUT2D eigenvalue weighted by Gasteiger charge is 2.25. The Morgan fingerprint density at radius 2 is 1.89 bits per heavy atom. The summed E-state index contributed by atoms with van der Waals surface area (Å²) in [4.78, 5) is 11.1. The summed E-state index contributed by atoms with van der Waals surface area (Å²) in [6.07, 6.45) is 0. The standard InChI is InChI=1S/C13H18ClNO3S/c1-4-19(17,18)15(9-13(14)16)12-8-6-5-7-11(12)10(2)3/h5-8,10H,4,9H2,1-3H3. The van der Waals surface area contributed by atoms with Crippen LogP contribution >= 0.6 is 11.6 Å². The Morgan fingerprint density at radius 1 is 1.32 bits per heavy atom. The van der Waals surface area contributed by atoms with Gasteiger partial charge < -0.3 is 0 Å². The van der Waals surface area contributed by atoms with Gasteiger partial charge in [-0.3, -0.25) is 9.10 Å². The summed E-state index contributed by atoms with van der Waals surface area (Å²) in [6.45, 7) is 5.14. The van der Waals surface area contributed by atoms with E-state index in [1.54, 1.807) is 19.1 Å². The van der Waals surface area contributed by atoms with Crippen LogP contribution in [0.3, 0.4) is 0 Å². The van der Waals surface area contributed by atoms with E-state index >= 15 is 0 Å². The molecule has 0 spiro atoms. The van der Waals surface area contributed by atoms with Gasteiger partial charge in [-0.25, -0.2) is 8.42 Å². The Hall–Kier alpha value is -1.07. The van der Waals surface area contributed by atoms with Gasteiger partial charge in [0.15, 0.2) is 0 Å². The van der Waals surface area contributed by atoms with Crippen molar-refractivity contribution in [1.29, 1.82) is 0 Å². The normalized spacial score (nSPS) is 11.6. The molecule has 0 aromatic heterocycles. The fourth-order valence-corrected chi connectivity index (χ4v) is 3.09. The van der Waals surface area contributed by atoms with Gasteiger partial charge in [0.2, 0.25) is 15.3 Å². The molecule has 0 N–H and O–H groups in total. The molecule has 0 unspecified atom stereocenters. The maximum Gasteiger partial charge on any atom is 0.242 e. The zero-order chi connectivity index (χ0) is 14.6. The first-order valence-corrected chi connectivity index (χ1v) is 8.06. The molecule has 4 nitrogen and oxygen atoms in total. The highest BCUT2D eigenvalue weighted by Crippen LogP contribution is 2.29. The molecule has 0 aliphatic carbocycles. The van der Waals surface area contributed by atoms with Gasteiger partial charge in [0.1, 0.15) is 6.54 Å². The Labute approximate surface area is 119 Å². The average Bonchev–Trinajstić information content (AvgIpc) is 2.35. The lowest BCUT2D eigenvalue weighted by molar-refractivity contribution is -0.110. The van der Waals surface area contributed by atoms with Crippen LogP contribution < -0.4 is 4.31 Å². The summed E-state index contributed by atoms with van der Waals surface area (Å²) < 4.78 is 25.3. The van der Waals surface area contributed by atoms with E-state index < -0.39 is 15.3 Å². The lowest BCUT2D eigenvalue weighted by Crippen LogP contribution is -2.36. The summed E-state index contributed by atoms with van der Waals surface area (Å²) >= 11 is 5.37. The van der Waals surface area contributed by atoms with Gasteiger partial charge in [-0.15, -0.1) is 0 Å². The van der Waals surface area contributed by atoms with E-state index in [1.165, 1.54) is 0 Å². The number of hydrogen-bond donors (Lipinski definition) is 0. The summed E-state index contributed by atoms with van der Waals surface area (Å²) in [6, 6.07) is 7.15. The number of sulfonamides is 1. The molecular weight excluding hydrogens is 286 g/mol. The Balaban J connectivity index is 3.37. The van der Waals surface area contributed by atoms with Crippen molar-refractivity contribution in [3.63, 3.8) is 0 Å². The van der Waals surface area contributed by atoms with Crippen LogP contribution in [0.25, 0.3) is 0 Å². The number of para-hydroxylation sites is 1. The molecule has 0 radical (unpaired) electrons. The van der Waals surface area contributed by atoms with Crippen molar-refractivity contribution in [2.24, 2.45) is 0 Å². The van der Waals surface area contributed by atoms with Crippen LogP contribution in [0.2, 0.25) is 0 Å². The molecule has 0 heterocycles. The van der Waals surface area contributed by atoms with E-state index in [1.807, 2.05) is 26.0 Å². The second kappa shape index (κ2) is 6.39. The average molecular weight is 304 g/mol. The number of halogens is 1. The van der Waals surface area contributed by atoms with Crippen LogP contribution in [-0.4, -0.2) is 26.0 Å². The quantitative estimate of drug-likeness (QED) is 0.759. The number of hydrogen-bond acceptors (Lipinski definition) is 3. The minimum Gasteiger partial charge on any atom is -0.279 e. The predicted octanol–water partition coefficient (Wildman–Crippen LogP) is 2.73. The molecule has 0 atom stereocenters. The van der Waals surface area contributed by atoms with Crippen LogP contribution in [0.5, 0.6) is 0 Å². The fourth-order valence-electron chi connectivity index (χ4n) is 1.80. The van der Waals surface area contributed by atoms with Gasteiger partial charge in [0.25, 0.3) is 0 Å². The first-order chi connectivity index (χ1) is 8.79. The zero-order valence-corrected chi connectivity index (χ0v) is 12.8. The van der Waals surface area contributed by atoms with Crippen molar-refractivity contribution < 1.29 is 13.2 Å².